The van der Waals surface area contributed by atoms with Crippen molar-refractivity contribution < 1.29 is 18.3 Å². The maximum Gasteiger partial charge on any atom is 0.244 e. The SMILES string of the molecule is COc1ccc(S(=O)(=O)N(C)CC2CC(O)C2)c(N)c1. The molecule has 1 aromatic rings. The first kappa shape index (κ1) is 15.1. The van der Waals surface area contributed by atoms with Gasteiger partial charge in [0.1, 0.15) is 10.6 Å². The average molecular weight is 300 g/mol. The lowest BCUT2D eigenvalue weighted by Gasteiger charge is -2.34. The van der Waals surface area contributed by atoms with Crippen LogP contribution in [-0.4, -0.2) is 44.6 Å². The molecule has 2 rings (SSSR count). The van der Waals surface area contributed by atoms with Crippen LogP contribution in [0.3, 0.4) is 0 Å². The smallest absolute Gasteiger partial charge is 0.244 e. The zero-order valence-electron chi connectivity index (χ0n) is 11.6. The monoisotopic (exact) mass is 300 g/mol. The quantitative estimate of drug-likeness (QED) is 0.780. The molecular formula is C13H20N2O4S. The van der Waals surface area contributed by atoms with Crippen LogP contribution in [0.5, 0.6) is 5.75 Å². The van der Waals surface area contributed by atoms with Gasteiger partial charge in [-0.1, -0.05) is 0 Å². The first-order chi connectivity index (χ1) is 9.34. The third-order valence-corrected chi connectivity index (χ3v) is 5.53. The van der Waals surface area contributed by atoms with Crippen LogP contribution in [0.15, 0.2) is 23.1 Å². The summed E-state index contributed by atoms with van der Waals surface area (Å²) in [7, 11) is -0.584. The fraction of sp³-hybridized carbons (Fsp3) is 0.538. The highest BCUT2D eigenvalue weighted by Crippen LogP contribution is 2.31. The van der Waals surface area contributed by atoms with Crippen LogP contribution < -0.4 is 10.5 Å². The summed E-state index contributed by atoms with van der Waals surface area (Å²) in [4.78, 5) is 0.0840. The number of nitrogens with zero attached hydrogens (tertiary/aromatic N) is 1. The van der Waals surface area contributed by atoms with E-state index in [-0.39, 0.29) is 22.6 Å². The minimum Gasteiger partial charge on any atom is -0.497 e. The van der Waals surface area contributed by atoms with Crippen molar-refractivity contribution in [3.63, 3.8) is 0 Å². The van der Waals surface area contributed by atoms with Gasteiger partial charge in [-0.3, -0.25) is 0 Å². The zero-order chi connectivity index (χ0) is 14.9. The molecule has 0 radical (unpaired) electrons. The lowest BCUT2D eigenvalue weighted by Crippen LogP contribution is -2.39. The molecule has 1 aliphatic rings. The number of aliphatic hydroxyl groups is 1. The third kappa shape index (κ3) is 2.89. The van der Waals surface area contributed by atoms with Crippen molar-refractivity contribution in [2.75, 3.05) is 26.4 Å². The van der Waals surface area contributed by atoms with E-state index >= 15 is 0 Å². The van der Waals surface area contributed by atoms with Gasteiger partial charge in [0, 0.05) is 19.7 Å². The van der Waals surface area contributed by atoms with Crippen LogP contribution in [0, 0.1) is 5.92 Å². The second-order valence-electron chi connectivity index (χ2n) is 5.18. The number of aliphatic hydroxyl groups excluding tert-OH is 1. The first-order valence-corrected chi connectivity index (χ1v) is 7.86. The topological polar surface area (TPSA) is 92.9 Å². The summed E-state index contributed by atoms with van der Waals surface area (Å²) in [5, 5.41) is 9.25. The molecule has 0 heterocycles. The maximum atomic E-state index is 12.5. The van der Waals surface area contributed by atoms with Crippen molar-refractivity contribution in [1.82, 2.24) is 4.31 Å². The third-order valence-electron chi connectivity index (χ3n) is 3.63. The van der Waals surface area contributed by atoms with Crippen molar-refractivity contribution in [3.8, 4) is 5.75 Å². The molecule has 112 valence electrons. The number of methoxy groups -OCH3 is 1. The van der Waals surface area contributed by atoms with Crippen molar-refractivity contribution in [2.24, 2.45) is 5.92 Å². The van der Waals surface area contributed by atoms with Crippen molar-refractivity contribution in [3.05, 3.63) is 18.2 Å². The summed E-state index contributed by atoms with van der Waals surface area (Å²) in [5.74, 6) is 0.732. The van der Waals surface area contributed by atoms with Gasteiger partial charge in [-0.05, 0) is 30.9 Å². The molecule has 0 unspecified atom stereocenters. The molecule has 1 fully saturated rings. The number of hydrogen-bond donors (Lipinski definition) is 2. The van der Waals surface area contributed by atoms with Crippen molar-refractivity contribution >= 4 is 15.7 Å². The molecule has 1 saturated carbocycles. The fourth-order valence-electron chi connectivity index (χ4n) is 2.37. The number of benzene rings is 1. The van der Waals surface area contributed by atoms with E-state index in [0.717, 1.165) is 0 Å². The fourth-order valence-corrected chi connectivity index (χ4v) is 3.71. The van der Waals surface area contributed by atoms with Gasteiger partial charge in [0.05, 0.1) is 18.9 Å². The van der Waals surface area contributed by atoms with E-state index in [4.69, 9.17) is 10.5 Å². The van der Waals surface area contributed by atoms with Crippen molar-refractivity contribution in [1.29, 1.82) is 0 Å². The summed E-state index contributed by atoms with van der Waals surface area (Å²) in [6.07, 6.45) is 1.01. The second kappa shape index (κ2) is 5.59. The van der Waals surface area contributed by atoms with Gasteiger partial charge >= 0.3 is 0 Å². The van der Waals surface area contributed by atoms with Gasteiger partial charge in [0.25, 0.3) is 0 Å². The van der Waals surface area contributed by atoms with Gasteiger partial charge in [-0.15, -0.1) is 0 Å². The molecule has 0 atom stereocenters. The van der Waals surface area contributed by atoms with Crippen molar-refractivity contribution in [2.45, 2.75) is 23.8 Å². The Bertz CT molecular complexity index is 582. The Morgan fingerprint density at radius 2 is 2.10 bits per heavy atom. The van der Waals surface area contributed by atoms with Crippen LogP contribution in [0.2, 0.25) is 0 Å². The minimum absolute atomic E-state index is 0.0840. The number of nitrogens with two attached hydrogens (primary N) is 1. The molecule has 20 heavy (non-hydrogen) atoms. The Labute approximate surface area is 119 Å². The number of ether oxygens (including phenoxy) is 1. The van der Waals surface area contributed by atoms with Crippen LogP contribution in [0.4, 0.5) is 5.69 Å². The summed E-state index contributed by atoms with van der Waals surface area (Å²) in [6.45, 7) is 0.394. The molecule has 6 nitrogen and oxygen atoms in total. The van der Waals surface area contributed by atoms with E-state index in [2.05, 4.69) is 0 Å². The number of nitrogen functional groups attached to an aromatic ring is 1. The van der Waals surface area contributed by atoms with Crippen LogP contribution in [0.25, 0.3) is 0 Å². The zero-order valence-corrected chi connectivity index (χ0v) is 12.4. The number of rotatable bonds is 5. The summed E-state index contributed by atoms with van der Waals surface area (Å²) < 4.78 is 31.2. The Kier molecular flexibility index (Phi) is 4.22. The molecule has 0 spiro atoms. The maximum absolute atomic E-state index is 12.5. The Hall–Kier alpha value is -1.31. The van der Waals surface area contributed by atoms with E-state index in [0.29, 0.717) is 25.1 Å². The standard InChI is InChI=1S/C13H20N2O4S/c1-15(8-9-5-10(16)6-9)20(17,18)13-4-3-11(19-2)7-12(13)14/h3-4,7,9-10,16H,5-6,8,14H2,1-2H3. The van der Waals surface area contributed by atoms with E-state index in [9.17, 15) is 13.5 Å². The molecular weight excluding hydrogens is 280 g/mol. The summed E-state index contributed by atoms with van der Waals surface area (Å²) in [5.41, 5.74) is 5.97. The predicted molar refractivity (Wildman–Crippen MR) is 76.0 cm³/mol. The minimum atomic E-state index is -3.61. The van der Waals surface area contributed by atoms with Crippen LogP contribution in [-0.2, 0) is 10.0 Å². The normalized spacial score (nSPS) is 22.6. The molecule has 0 aromatic heterocycles. The largest absolute Gasteiger partial charge is 0.497 e. The predicted octanol–water partition coefficient (Wildman–Crippen LogP) is 0.669. The van der Waals surface area contributed by atoms with Gasteiger partial charge in [-0.25, -0.2) is 12.7 Å². The van der Waals surface area contributed by atoms with Gasteiger partial charge < -0.3 is 15.6 Å². The molecule has 3 N–H and O–H groups in total. The average Bonchev–Trinajstić information content (AvgIpc) is 2.36. The second-order valence-corrected chi connectivity index (χ2v) is 7.19. The summed E-state index contributed by atoms with van der Waals surface area (Å²) >= 11 is 0. The van der Waals surface area contributed by atoms with Gasteiger partial charge in [0.2, 0.25) is 10.0 Å². The molecule has 0 aliphatic heterocycles. The first-order valence-electron chi connectivity index (χ1n) is 6.42. The Morgan fingerprint density at radius 1 is 1.45 bits per heavy atom. The van der Waals surface area contributed by atoms with E-state index in [1.165, 1.54) is 30.6 Å². The Morgan fingerprint density at radius 3 is 2.60 bits per heavy atom. The lowest BCUT2D eigenvalue weighted by molar-refractivity contribution is 0.0367. The summed E-state index contributed by atoms with van der Waals surface area (Å²) in [6, 6.07) is 4.52. The van der Waals surface area contributed by atoms with Gasteiger partial charge in [-0.2, -0.15) is 0 Å². The highest BCUT2D eigenvalue weighted by molar-refractivity contribution is 7.89. The lowest BCUT2D eigenvalue weighted by atomic mass is 9.82. The molecule has 7 heteroatoms. The van der Waals surface area contributed by atoms with Crippen LogP contribution >= 0.6 is 0 Å². The van der Waals surface area contributed by atoms with E-state index in [1.807, 2.05) is 0 Å². The molecule has 1 aromatic carbocycles. The Balaban J connectivity index is 2.16. The highest BCUT2D eigenvalue weighted by atomic mass is 32.2. The number of sulfonamides is 1. The number of hydrogen-bond acceptors (Lipinski definition) is 5. The molecule has 0 amide bonds. The molecule has 0 saturated heterocycles. The van der Waals surface area contributed by atoms with Crippen LogP contribution in [0.1, 0.15) is 12.8 Å². The highest BCUT2D eigenvalue weighted by Gasteiger charge is 2.32. The molecule has 1 aliphatic carbocycles. The van der Waals surface area contributed by atoms with E-state index < -0.39 is 10.0 Å². The number of anilines is 1. The molecule has 0 bridgehead atoms. The van der Waals surface area contributed by atoms with Gasteiger partial charge in [0.15, 0.2) is 0 Å². The van der Waals surface area contributed by atoms with E-state index in [1.54, 1.807) is 6.07 Å².